The number of carboxylic acid groups (broad SMARTS) is 2. The molecule has 0 unspecified atom stereocenters. The highest BCUT2D eigenvalue weighted by Gasteiger charge is 2.31. The first-order valence-electron chi connectivity index (χ1n) is 8.76. The third-order valence-electron chi connectivity index (χ3n) is 4.30. The van der Waals surface area contributed by atoms with E-state index in [0.717, 1.165) is 16.7 Å². The van der Waals surface area contributed by atoms with Gasteiger partial charge in [0.05, 0.1) is 10.5 Å². The Balaban J connectivity index is 1.73. The maximum Gasteiger partial charge on any atom is 0.335 e. The number of aliphatic carboxylic acids is 1. The van der Waals surface area contributed by atoms with Crippen LogP contribution in [0.4, 0.5) is 0 Å². The number of amides is 1. The summed E-state index contributed by atoms with van der Waals surface area (Å²) >= 11 is 6.44. The standard InChI is InChI=1S/C21H17NO5S2/c23-18(24)5-2-10-22-19(25)17(29-21(22)28)11-13-6-8-14(9-7-13)15-3-1-4-16(12-15)20(26)27/h1,3-4,6-9,11-12H,2,5,10H2,(H,23,24)(H,26,27)/b17-11-. The van der Waals surface area contributed by atoms with E-state index in [1.54, 1.807) is 24.3 Å². The van der Waals surface area contributed by atoms with Crippen LogP contribution in [0.5, 0.6) is 0 Å². The summed E-state index contributed by atoms with van der Waals surface area (Å²) in [6.07, 6.45) is 2.08. The molecule has 2 aromatic rings. The number of carbonyl (C=O) groups is 3. The monoisotopic (exact) mass is 427 g/mol. The Kier molecular flexibility index (Phi) is 6.46. The van der Waals surface area contributed by atoms with Crippen LogP contribution in [-0.2, 0) is 9.59 Å². The molecule has 8 heteroatoms. The maximum atomic E-state index is 12.5. The Hall–Kier alpha value is -2.97. The molecule has 0 aliphatic carbocycles. The largest absolute Gasteiger partial charge is 0.481 e. The molecule has 2 aromatic carbocycles. The smallest absolute Gasteiger partial charge is 0.335 e. The second-order valence-corrected chi connectivity index (χ2v) is 8.01. The molecule has 0 saturated carbocycles. The molecule has 0 aromatic heterocycles. The van der Waals surface area contributed by atoms with Gasteiger partial charge in [-0.15, -0.1) is 0 Å². The van der Waals surface area contributed by atoms with Crippen molar-refractivity contribution in [2.45, 2.75) is 12.8 Å². The molecule has 1 heterocycles. The van der Waals surface area contributed by atoms with Gasteiger partial charge < -0.3 is 10.2 Å². The number of thioether (sulfide) groups is 1. The Labute approximate surface area is 176 Å². The van der Waals surface area contributed by atoms with Crippen LogP contribution in [-0.4, -0.2) is 43.8 Å². The number of hydrogen-bond donors (Lipinski definition) is 2. The molecule has 148 valence electrons. The zero-order valence-corrected chi connectivity index (χ0v) is 16.8. The molecule has 1 amide bonds. The highest BCUT2D eigenvalue weighted by molar-refractivity contribution is 8.26. The molecule has 2 N–H and O–H groups in total. The molecule has 0 bridgehead atoms. The van der Waals surface area contributed by atoms with E-state index in [9.17, 15) is 14.4 Å². The summed E-state index contributed by atoms with van der Waals surface area (Å²) in [5.74, 6) is -2.10. The number of nitrogens with zero attached hydrogens (tertiary/aromatic N) is 1. The summed E-state index contributed by atoms with van der Waals surface area (Å²) in [5, 5.41) is 17.9. The van der Waals surface area contributed by atoms with Crippen molar-refractivity contribution in [1.29, 1.82) is 0 Å². The zero-order valence-electron chi connectivity index (χ0n) is 15.2. The molecular formula is C21H17NO5S2. The van der Waals surface area contributed by atoms with Gasteiger partial charge >= 0.3 is 11.9 Å². The van der Waals surface area contributed by atoms with Crippen LogP contribution in [0.1, 0.15) is 28.8 Å². The first-order chi connectivity index (χ1) is 13.8. The number of benzene rings is 2. The van der Waals surface area contributed by atoms with Gasteiger partial charge in [-0.25, -0.2) is 4.79 Å². The molecule has 6 nitrogen and oxygen atoms in total. The Bertz CT molecular complexity index is 1010. The number of aromatic carboxylic acids is 1. The molecule has 1 fully saturated rings. The van der Waals surface area contributed by atoms with E-state index >= 15 is 0 Å². The average molecular weight is 428 g/mol. The third kappa shape index (κ3) is 5.10. The van der Waals surface area contributed by atoms with Crippen LogP contribution < -0.4 is 0 Å². The Morgan fingerprint density at radius 1 is 1.07 bits per heavy atom. The fourth-order valence-corrected chi connectivity index (χ4v) is 4.14. The second-order valence-electron chi connectivity index (χ2n) is 6.34. The lowest BCUT2D eigenvalue weighted by Crippen LogP contribution is -2.29. The number of rotatable bonds is 7. The van der Waals surface area contributed by atoms with Crippen LogP contribution in [0, 0.1) is 0 Å². The SMILES string of the molecule is O=C(O)CCCN1C(=O)/C(=C/c2ccc(-c3cccc(C(=O)O)c3)cc2)SC1=S. The van der Waals surface area contributed by atoms with Crippen molar-refractivity contribution in [1.82, 2.24) is 4.90 Å². The topological polar surface area (TPSA) is 94.9 Å². The van der Waals surface area contributed by atoms with Crippen LogP contribution in [0.3, 0.4) is 0 Å². The lowest BCUT2D eigenvalue weighted by molar-refractivity contribution is -0.137. The van der Waals surface area contributed by atoms with E-state index in [0.29, 0.717) is 15.6 Å². The van der Waals surface area contributed by atoms with E-state index in [2.05, 4.69) is 0 Å². The van der Waals surface area contributed by atoms with E-state index < -0.39 is 11.9 Å². The van der Waals surface area contributed by atoms with Crippen LogP contribution in [0.15, 0.2) is 53.4 Å². The van der Waals surface area contributed by atoms with Crippen LogP contribution in [0.2, 0.25) is 0 Å². The minimum Gasteiger partial charge on any atom is -0.481 e. The van der Waals surface area contributed by atoms with Gasteiger partial charge in [0.15, 0.2) is 0 Å². The number of carboxylic acids is 2. The van der Waals surface area contributed by atoms with Gasteiger partial charge in [0.1, 0.15) is 4.32 Å². The molecular weight excluding hydrogens is 410 g/mol. The van der Waals surface area contributed by atoms with Crippen molar-refractivity contribution in [2.75, 3.05) is 6.54 Å². The van der Waals surface area contributed by atoms with Gasteiger partial charge in [-0.1, -0.05) is 60.4 Å². The fraction of sp³-hybridized carbons (Fsp3) is 0.143. The molecule has 0 spiro atoms. The zero-order chi connectivity index (χ0) is 21.0. The van der Waals surface area contributed by atoms with Crippen molar-refractivity contribution in [3.63, 3.8) is 0 Å². The minimum absolute atomic E-state index is 0.0132. The molecule has 1 aliphatic rings. The van der Waals surface area contributed by atoms with Gasteiger partial charge in [0, 0.05) is 13.0 Å². The molecule has 0 radical (unpaired) electrons. The quantitative estimate of drug-likeness (QED) is 0.507. The fourth-order valence-electron chi connectivity index (χ4n) is 2.84. The summed E-state index contributed by atoms with van der Waals surface area (Å²) in [6.45, 7) is 0.285. The highest BCUT2D eigenvalue weighted by atomic mass is 32.2. The maximum absolute atomic E-state index is 12.5. The first-order valence-corrected chi connectivity index (χ1v) is 9.98. The number of thiocarbonyl (C=S) groups is 1. The summed E-state index contributed by atoms with van der Waals surface area (Å²) in [6, 6.07) is 14.1. The predicted molar refractivity (Wildman–Crippen MR) is 116 cm³/mol. The van der Waals surface area contributed by atoms with Crippen molar-refractivity contribution in [2.24, 2.45) is 0 Å². The first kappa shape index (κ1) is 20.8. The highest BCUT2D eigenvalue weighted by Crippen LogP contribution is 2.33. The number of carbonyl (C=O) groups excluding carboxylic acids is 1. The van der Waals surface area contributed by atoms with Crippen LogP contribution in [0.25, 0.3) is 17.2 Å². The van der Waals surface area contributed by atoms with E-state index in [-0.39, 0.29) is 24.4 Å². The molecule has 1 aliphatic heterocycles. The number of hydrogen-bond acceptors (Lipinski definition) is 5. The van der Waals surface area contributed by atoms with Gasteiger partial charge in [-0.3, -0.25) is 14.5 Å². The minimum atomic E-state index is -0.978. The molecule has 29 heavy (non-hydrogen) atoms. The van der Waals surface area contributed by atoms with E-state index in [1.165, 1.54) is 16.7 Å². The summed E-state index contributed by atoms with van der Waals surface area (Å²) < 4.78 is 0.425. The lowest BCUT2D eigenvalue weighted by Gasteiger charge is -2.13. The van der Waals surface area contributed by atoms with Gasteiger partial charge in [-0.05, 0) is 41.3 Å². The van der Waals surface area contributed by atoms with E-state index in [4.69, 9.17) is 22.4 Å². The van der Waals surface area contributed by atoms with Crippen molar-refractivity contribution < 1.29 is 24.6 Å². The molecule has 3 rings (SSSR count). The summed E-state index contributed by atoms with van der Waals surface area (Å²) in [7, 11) is 0. The summed E-state index contributed by atoms with van der Waals surface area (Å²) in [5.41, 5.74) is 2.69. The van der Waals surface area contributed by atoms with Gasteiger partial charge in [0.2, 0.25) is 0 Å². The Morgan fingerprint density at radius 3 is 2.45 bits per heavy atom. The van der Waals surface area contributed by atoms with Crippen molar-refractivity contribution in [3.8, 4) is 11.1 Å². The third-order valence-corrected chi connectivity index (χ3v) is 5.68. The van der Waals surface area contributed by atoms with Gasteiger partial charge in [0.25, 0.3) is 5.91 Å². The van der Waals surface area contributed by atoms with Crippen molar-refractivity contribution in [3.05, 3.63) is 64.6 Å². The molecule has 0 atom stereocenters. The van der Waals surface area contributed by atoms with Crippen LogP contribution >= 0.6 is 24.0 Å². The lowest BCUT2D eigenvalue weighted by atomic mass is 10.0. The molecule has 1 saturated heterocycles. The van der Waals surface area contributed by atoms with Crippen molar-refractivity contribution >= 4 is 52.2 Å². The second kappa shape index (κ2) is 9.02. The van der Waals surface area contributed by atoms with Gasteiger partial charge in [-0.2, -0.15) is 0 Å². The predicted octanol–water partition coefficient (Wildman–Crippen LogP) is 4.12. The Morgan fingerprint density at radius 2 is 1.79 bits per heavy atom. The summed E-state index contributed by atoms with van der Waals surface area (Å²) in [4.78, 5) is 36.2. The normalized spacial score (nSPS) is 15.2. The van der Waals surface area contributed by atoms with E-state index in [1.807, 2.05) is 30.3 Å². The average Bonchev–Trinajstić information content (AvgIpc) is 2.96.